The molecule has 30 heavy (non-hydrogen) atoms. The third-order valence-corrected chi connectivity index (χ3v) is 6.48. The van der Waals surface area contributed by atoms with Gasteiger partial charge in [0.2, 0.25) is 0 Å². The molecule has 0 aliphatic carbocycles. The molecule has 8 nitrogen and oxygen atoms in total. The number of aromatic nitrogens is 8. The topological polar surface area (TPSA) is 87.2 Å². The molecule has 0 saturated carbocycles. The van der Waals surface area contributed by atoms with Crippen LogP contribution in [0.4, 0.5) is 0 Å². The summed E-state index contributed by atoms with van der Waals surface area (Å²) < 4.78 is 3.56. The third kappa shape index (κ3) is 9.88. The van der Waals surface area contributed by atoms with Crippen molar-refractivity contribution < 1.29 is 0 Å². The molecule has 2 aromatic heterocycles. The van der Waals surface area contributed by atoms with Gasteiger partial charge in [0.25, 0.3) is 0 Å². The Morgan fingerprint density at radius 2 is 1.07 bits per heavy atom. The van der Waals surface area contributed by atoms with Crippen molar-refractivity contribution in [3.05, 3.63) is 12.7 Å². The van der Waals surface area contributed by atoms with E-state index >= 15 is 0 Å². The van der Waals surface area contributed by atoms with Gasteiger partial charge < -0.3 is 0 Å². The summed E-state index contributed by atoms with van der Waals surface area (Å²) >= 11 is 11.3. The van der Waals surface area contributed by atoms with Crippen LogP contribution in [0.3, 0.4) is 0 Å². The summed E-state index contributed by atoms with van der Waals surface area (Å²) in [6, 6.07) is 0. The van der Waals surface area contributed by atoms with Gasteiger partial charge in [0.05, 0.1) is 0 Å². The van der Waals surface area contributed by atoms with Gasteiger partial charge in [-0.05, 0) is 92.8 Å². The minimum absolute atomic E-state index is 0.208. The van der Waals surface area contributed by atoms with E-state index in [0.717, 1.165) is 74.2 Å². The van der Waals surface area contributed by atoms with Crippen LogP contribution in [0.2, 0.25) is 0 Å². The molecule has 0 amide bonds. The monoisotopic (exact) mass is 450 g/mol. The molecule has 0 spiro atoms. The molecule has 166 valence electrons. The molecular weight excluding hydrogens is 416 g/mol. The van der Waals surface area contributed by atoms with E-state index in [2.05, 4.69) is 58.7 Å². The first-order valence-corrected chi connectivity index (χ1v) is 11.4. The zero-order valence-electron chi connectivity index (χ0n) is 18.6. The van der Waals surface area contributed by atoms with Crippen LogP contribution in [-0.2, 0) is 13.1 Å². The molecule has 2 aromatic rings. The van der Waals surface area contributed by atoms with E-state index in [0.29, 0.717) is 0 Å². The Labute approximate surface area is 190 Å². The second-order valence-electron chi connectivity index (χ2n) is 9.55. The Bertz CT molecular complexity index is 703. The van der Waals surface area contributed by atoms with Crippen molar-refractivity contribution in [3.63, 3.8) is 0 Å². The highest BCUT2D eigenvalue weighted by molar-refractivity contribution is 7.80. The van der Waals surface area contributed by atoms with Crippen LogP contribution in [0.1, 0.15) is 79.1 Å². The Morgan fingerprint density at radius 3 is 1.40 bits per heavy atom. The van der Waals surface area contributed by atoms with Crippen LogP contribution in [0.5, 0.6) is 0 Å². The van der Waals surface area contributed by atoms with Crippen LogP contribution >= 0.6 is 24.4 Å². The molecule has 0 aliphatic rings. The van der Waals surface area contributed by atoms with Crippen molar-refractivity contribution in [3.8, 4) is 0 Å². The zero-order chi connectivity index (χ0) is 22.0. The maximum atomic E-state index is 5.63. The first-order chi connectivity index (χ1) is 14.2. The highest BCUT2D eigenvalue weighted by Crippen LogP contribution is 2.29. The second kappa shape index (κ2) is 11.6. The van der Waals surface area contributed by atoms with Gasteiger partial charge in [-0.1, -0.05) is 52.1 Å². The van der Waals surface area contributed by atoms with Crippen LogP contribution in [0, 0.1) is 10.8 Å². The third-order valence-electron chi connectivity index (χ3n) is 5.66. The summed E-state index contributed by atoms with van der Waals surface area (Å²) in [5.74, 6) is 0. The fourth-order valence-corrected chi connectivity index (χ4v) is 3.54. The smallest absolute Gasteiger partial charge is 0.138 e. The number of hydrogen-bond donors (Lipinski definition) is 0. The molecular formula is C20H34N8S2. The van der Waals surface area contributed by atoms with E-state index in [1.807, 2.05) is 0 Å². The molecule has 2 rings (SSSR count). The summed E-state index contributed by atoms with van der Waals surface area (Å²) in [5, 5.41) is 22.6. The molecule has 0 aliphatic heterocycles. The van der Waals surface area contributed by atoms with Gasteiger partial charge >= 0.3 is 0 Å². The Hall–Kier alpha value is -1.68. The Morgan fingerprint density at radius 1 is 0.667 bits per heavy atom. The van der Waals surface area contributed by atoms with Gasteiger partial charge in [0.15, 0.2) is 0 Å². The van der Waals surface area contributed by atoms with Crippen molar-refractivity contribution in [2.24, 2.45) is 10.8 Å². The van der Waals surface area contributed by atoms with E-state index in [9.17, 15) is 0 Å². The molecule has 0 bridgehead atoms. The van der Waals surface area contributed by atoms with Crippen molar-refractivity contribution in [1.29, 1.82) is 0 Å². The van der Waals surface area contributed by atoms with Crippen LogP contribution < -0.4 is 0 Å². The number of rotatable bonds is 15. The van der Waals surface area contributed by atoms with Gasteiger partial charge in [-0.15, -0.1) is 10.2 Å². The second-order valence-corrected chi connectivity index (χ2v) is 10.7. The summed E-state index contributed by atoms with van der Waals surface area (Å²) in [7, 11) is 0. The lowest BCUT2D eigenvalue weighted by Crippen LogP contribution is -2.17. The number of thiocarbonyl (C=S) groups is 2. The van der Waals surface area contributed by atoms with Crippen molar-refractivity contribution in [1.82, 2.24) is 40.4 Å². The maximum Gasteiger partial charge on any atom is 0.138 e. The fourth-order valence-electron chi connectivity index (χ4n) is 3.13. The molecule has 0 aromatic carbocycles. The van der Waals surface area contributed by atoms with Crippen molar-refractivity contribution >= 4 is 34.2 Å². The molecule has 0 atom stereocenters. The van der Waals surface area contributed by atoms with Gasteiger partial charge in [-0.2, -0.15) is 0 Å². The van der Waals surface area contributed by atoms with Gasteiger partial charge in [-0.25, -0.2) is 9.36 Å². The fraction of sp³-hybridized carbons (Fsp3) is 0.800. The van der Waals surface area contributed by atoms with E-state index in [1.165, 1.54) is 0 Å². The summed E-state index contributed by atoms with van der Waals surface area (Å²) in [6.07, 6.45) is 11.3. The average molecular weight is 451 g/mol. The minimum atomic E-state index is 0.208. The van der Waals surface area contributed by atoms with Gasteiger partial charge in [0.1, 0.15) is 12.7 Å². The maximum absolute atomic E-state index is 5.63. The van der Waals surface area contributed by atoms with Crippen LogP contribution in [0.25, 0.3) is 0 Å². The molecule has 0 N–H and O–H groups in total. The predicted molar refractivity (Wildman–Crippen MR) is 125 cm³/mol. The molecule has 2 heterocycles. The lowest BCUT2D eigenvalue weighted by atomic mass is 9.83. The van der Waals surface area contributed by atoms with E-state index in [-0.39, 0.29) is 10.8 Å². The highest BCUT2D eigenvalue weighted by atomic mass is 32.1. The van der Waals surface area contributed by atoms with Crippen molar-refractivity contribution in [2.45, 2.75) is 92.2 Å². The largest absolute Gasteiger partial charge is 0.232 e. The number of hydrogen-bond acceptors (Lipinski definition) is 8. The summed E-state index contributed by atoms with van der Waals surface area (Å²) in [6.45, 7) is 10.8. The van der Waals surface area contributed by atoms with Crippen molar-refractivity contribution in [2.75, 3.05) is 0 Å². The Kier molecular flexibility index (Phi) is 9.54. The lowest BCUT2D eigenvalue weighted by Gasteiger charge is -2.25. The first-order valence-electron chi connectivity index (χ1n) is 10.6. The van der Waals surface area contributed by atoms with Crippen LogP contribution in [-0.4, -0.2) is 50.1 Å². The van der Waals surface area contributed by atoms with E-state index in [1.54, 1.807) is 22.0 Å². The predicted octanol–water partition coefficient (Wildman–Crippen LogP) is 4.27. The summed E-state index contributed by atoms with van der Waals surface area (Å²) in [5.41, 5.74) is 0.417. The van der Waals surface area contributed by atoms with Gasteiger partial charge in [0, 0.05) is 13.1 Å². The molecule has 0 unspecified atom stereocenters. The standard InChI is InChI=1S/C20H34N8S2/c1-19(2,11-13-27-15-21-23-25-27)9-7-17(29)5-6-18(30)8-10-20(3,4)12-14-28-16-22-24-26-28/h15-16H,5-14H2,1-4H3. The van der Waals surface area contributed by atoms with Crippen LogP contribution in [0.15, 0.2) is 12.7 Å². The number of nitrogens with zero attached hydrogens (tertiary/aromatic N) is 8. The number of aryl methyl sites for hydroxylation is 2. The molecule has 10 heteroatoms. The minimum Gasteiger partial charge on any atom is -0.232 e. The molecule has 0 saturated heterocycles. The van der Waals surface area contributed by atoms with Gasteiger partial charge in [-0.3, -0.25) is 0 Å². The lowest BCUT2D eigenvalue weighted by molar-refractivity contribution is 0.286. The van der Waals surface area contributed by atoms with E-state index < -0.39 is 0 Å². The SMILES string of the molecule is CC(C)(CCC(=S)CCC(=S)CCC(C)(C)CCn1cnnn1)CCn1cnnn1. The Balaban J connectivity index is 1.59. The number of tetrazole rings is 2. The average Bonchev–Trinajstić information content (AvgIpc) is 3.40. The first kappa shape index (κ1) is 24.6. The quantitative estimate of drug-likeness (QED) is 0.372. The normalized spacial score (nSPS) is 12.3. The van der Waals surface area contributed by atoms with E-state index in [4.69, 9.17) is 24.4 Å². The zero-order valence-corrected chi connectivity index (χ0v) is 20.3. The summed E-state index contributed by atoms with van der Waals surface area (Å²) in [4.78, 5) is 2.26. The molecule has 0 fully saturated rings. The molecule has 0 radical (unpaired) electrons. The highest BCUT2D eigenvalue weighted by Gasteiger charge is 2.20.